The van der Waals surface area contributed by atoms with Crippen LogP contribution in [0, 0.1) is 5.82 Å². The highest BCUT2D eigenvalue weighted by atomic mass is 127. The van der Waals surface area contributed by atoms with Crippen LogP contribution in [0.15, 0.2) is 29.3 Å². The molecule has 5 nitrogen and oxygen atoms in total. The molecule has 0 saturated heterocycles. The van der Waals surface area contributed by atoms with Crippen LogP contribution in [0.1, 0.15) is 13.3 Å². The van der Waals surface area contributed by atoms with Gasteiger partial charge in [0.25, 0.3) is 0 Å². The number of benzene rings is 1. The standard InChI is InChI=1S/C15H24FN3O2.HI/c1-12(21-14-7-5-13(16)6-8-14)11-19-15(17-2)18-9-4-10-20-3;/h5-8,12H,4,9-11H2,1-3H3,(H2,17,18,19);1H. The molecule has 0 spiro atoms. The first-order valence-electron chi connectivity index (χ1n) is 7.01. The Bertz CT molecular complexity index is 429. The number of rotatable bonds is 8. The largest absolute Gasteiger partial charge is 0.489 e. The highest BCUT2D eigenvalue weighted by Gasteiger charge is 2.05. The third-order valence-electron chi connectivity index (χ3n) is 2.75. The predicted octanol–water partition coefficient (Wildman–Crippen LogP) is 2.41. The summed E-state index contributed by atoms with van der Waals surface area (Å²) in [7, 11) is 3.40. The molecule has 1 rings (SSSR count). The number of aliphatic imine (C=N–C) groups is 1. The van der Waals surface area contributed by atoms with E-state index < -0.39 is 0 Å². The Morgan fingerprint density at radius 3 is 2.55 bits per heavy atom. The van der Waals surface area contributed by atoms with E-state index in [4.69, 9.17) is 9.47 Å². The highest BCUT2D eigenvalue weighted by molar-refractivity contribution is 14.0. The molecule has 7 heteroatoms. The maximum absolute atomic E-state index is 12.8. The van der Waals surface area contributed by atoms with Crippen LogP contribution in [-0.2, 0) is 4.74 Å². The van der Waals surface area contributed by atoms with Crippen LogP contribution < -0.4 is 15.4 Å². The Morgan fingerprint density at radius 1 is 1.27 bits per heavy atom. The number of hydrogen-bond donors (Lipinski definition) is 2. The summed E-state index contributed by atoms with van der Waals surface area (Å²) in [5.41, 5.74) is 0. The van der Waals surface area contributed by atoms with E-state index in [1.165, 1.54) is 12.1 Å². The van der Waals surface area contributed by atoms with E-state index >= 15 is 0 Å². The first-order chi connectivity index (χ1) is 10.2. The Hall–Kier alpha value is -1.09. The van der Waals surface area contributed by atoms with Gasteiger partial charge >= 0.3 is 0 Å². The molecule has 1 aromatic rings. The van der Waals surface area contributed by atoms with Crippen molar-refractivity contribution in [2.45, 2.75) is 19.4 Å². The number of nitrogens with zero attached hydrogens (tertiary/aromatic N) is 1. The van der Waals surface area contributed by atoms with Crippen LogP contribution in [-0.4, -0.2) is 45.9 Å². The molecule has 0 aliphatic rings. The second-order valence-electron chi connectivity index (χ2n) is 4.61. The molecule has 126 valence electrons. The minimum atomic E-state index is -0.270. The third-order valence-corrected chi connectivity index (χ3v) is 2.75. The van der Waals surface area contributed by atoms with Crippen LogP contribution in [0.2, 0.25) is 0 Å². The molecule has 1 unspecified atom stereocenters. The highest BCUT2D eigenvalue weighted by Crippen LogP contribution is 2.12. The van der Waals surface area contributed by atoms with Gasteiger partial charge in [-0.3, -0.25) is 4.99 Å². The fourth-order valence-electron chi connectivity index (χ4n) is 1.67. The maximum Gasteiger partial charge on any atom is 0.191 e. The molecule has 0 aliphatic carbocycles. The van der Waals surface area contributed by atoms with Crippen molar-refractivity contribution < 1.29 is 13.9 Å². The lowest BCUT2D eigenvalue weighted by molar-refractivity contribution is 0.195. The third kappa shape index (κ3) is 9.04. The Balaban J connectivity index is 0.00000441. The normalized spacial score (nSPS) is 12.3. The van der Waals surface area contributed by atoms with Crippen molar-refractivity contribution in [2.24, 2.45) is 4.99 Å². The molecule has 22 heavy (non-hydrogen) atoms. The monoisotopic (exact) mass is 425 g/mol. The van der Waals surface area contributed by atoms with Gasteiger partial charge in [0.2, 0.25) is 0 Å². The van der Waals surface area contributed by atoms with Crippen molar-refractivity contribution in [1.29, 1.82) is 0 Å². The molecular formula is C15H25FIN3O2. The maximum atomic E-state index is 12.8. The van der Waals surface area contributed by atoms with Crippen molar-refractivity contribution in [3.05, 3.63) is 30.1 Å². The van der Waals surface area contributed by atoms with E-state index in [9.17, 15) is 4.39 Å². The summed E-state index contributed by atoms with van der Waals surface area (Å²) in [5.74, 6) is 1.10. The van der Waals surface area contributed by atoms with Gasteiger partial charge in [-0.25, -0.2) is 4.39 Å². The Kier molecular flexibility index (Phi) is 11.8. The molecule has 0 radical (unpaired) electrons. The van der Waals surface area contributed by atoms with Crippen LogP contribution in [0.3, 0.4) is 0 Å². The Labute approximate surface area is 148 Å². The van der Waals surface area contributed by atoms with Crippen molar-refractivity contribution >= 4 is 29.9 Å². The van der Waals surface area contributed by atoms with Crippen LogP contribution in [0.25, 0.3) is 0 Å². The van der Waals surface area contributed by atoms with Gasteiger partial charge in [-0.15, -0.1) is 24.0 Å². The predicted molar refractivity (Wildman–Crippen MR) is 97.8 cm³/mol. The summed E-state index contributed by atoms with van der Waals surface area (Å²) in [6, 6.07) is 5.99. The summed E-state index contributed by atoms with van der Waals surface area (Å²) in [6.07, 6.45) is 0.853. The van der Waals surface area contributed by atoms with Gasteiger partial charge in [-0.2, -0.15) is 0 Å². The number of guanidine groups is 1. The first kappa shape index (κ1) is 20.9. The van der Waals surface area contributed by atoms with Crippen molar-refractivity contribution in [3.63, 3.8) is 0 Å². The lowest BCUT2D eigenvalue weighted by Gasteiger charge is -2.17. The molecule has 0 heterocycles. The zero-order valence-corrected chi connectivity index (χ0v) is 15.6. The van der Waals surface area contributed by atoms with E-state index in [2.05, 4.69) is 15.6 Å². The van der Waals surface area contributed by atoms with Gasteiger partial charge in [0.15, 0.2) is 5.96 Å². The van der Waals surface area contributed by atoms with Crippen molar-refractivity contribution in [3.8, 4) is 5.75 Å². The first-order valence-corrected chi connectivity index (χ1v) is 7.01. The van der Waals surface area contributed by atoms with E-state index in [1.807, 2.05) is 6.92 Å². The minimum Gasteiger partial charge on any atom is -0.489 e. The average Bonchev–Trinajstić information content (AvgIpc) is 2.49. The summed E-state index contributed by atoms with van der Waals surface area (Å²) in [4.78, 5) is 4.12. The van der Waals surface area contributed by atoms with Crippen molar-refractivity contribution in [1.82, 2.24) is 10.6 Å². The summed E-state index contributed by atoms with van der Waals surface area (Å²) < 4.78 is 23.5. The molecule has 0 fully saturated rings. The Morgan fingerprint density at radius 2 is 1.95 bits per heavy atom. The van der Waals surface area contributed by atoms with E-state index in [-0.39, 0.29) is 35.9 Å². The smallest absolute Gasteiger partial charge is 0.191 e. The topological polar surface area (TPSA) is 54.9 Å². The van der Waals surface area contributed by atoms with Gasteiger partial charge in [0, 0.05) is 27.3 Å². The zero-order valence-electron chi connectivity index (χ0n) is 13.3. The second-order valence-corrected chi connectivity index (χ2v) is 4.61. The zero-order chi connectivity index (χ0) is 15.5. The number of ether oxygens (including phenoxy) is 2. The van der Waals surface area contributed by atoms with Gasteiger partial charge in [-0.1, -0.05) is 0 Å². The molecule has 0 aliphatic heterocycles. The van der Waals surface area contributed by atoms with Gasteiger partial charge in [-0.05, 0) is 37.6 Å². The van der Waals surface area contributed by atoms with Crippen LogP contribution in [0.5, 0.6) is 5.75 Å². The van der Waals surface area contributed by atoms with E-state index in [0.29, 0.717) is 18.9 Å². The SMILES string of the molecule is CN=C(NCCCOC)NCC(C)Oc1ccc(F)cc1.I. The molecule has 0 saturated carbocycles. The molecular weight excluding hydrogens is 400 g/mol. The molecule has 1 aromatic carbocycles. The summed E-state index contributed by atoms with van der Waals surface area (Å²) >= 11 is 0. The number of methoxy groups -OCH3 is 1. The van der Waals surface area contributed by atoms with E-state index in [1.54, 1.807) is 26.3 Å². The summed E-state index contributed by atoms with van der Waals surface area (Å²) in [5, 5.41) is 6.36. The number of hydrogen-bond acceptors (Lipinski definition) is 3. The number of nitrogens with one attached hydrogen (secondary N) is 2. The van der Waals surface area contributed by atoms with Gasteiger partial charge < -0.3 is 20.1 Å². The molecule has 0 amide bonds. The molecule has 1 atom stereocenters. The second kappa shape index (κ2) is 12.5. The molecule has 0 aromatic heterocycles. The lowest BCUT2D eigenvalue weighted by atomic mass is 10.3. The van der Waals surface area contributed by atoms with Gasteiger partial charge in [0.1, 0.15) is 17.7 Å². The molecule has 2 N–H and O–H groups in total. The summed E-state index contributed by atoms with van der Waals surface area (Å²) in [6.45, 7) is 4.05. The fraction of sp³-hybridized carbons (Fsp3) is 0.533. The van der Waals surface area contributed by atoms with Crippen LogP contribution in [0.4, 0.5) is 4.39 Å². The van der Waals surface area contributed by atoms with E-state index in [0.717, 1.165) is 18.9 Å². The molecule has 0 bridgehead atoms. The fourth-order valence-corrected chi connectivity index (χ4v) is 1.67. The minimum absolute atomic E-state index is 0. The van der Waals surface area contributed by atoms with Gasteiger partial charge in [0.05, 0.1) is 6.54 Å². The lowest BCUT2D eigenvalue weighted by Crippen LogP contribution is -2.42. The van der Waals surface area contributed by atoms with Crippen LogP contribution >= 0.6 is 24.0 Å². The van der Waals surface area contributed by atoms with Crippen molar-refractivity contribution in [2.75, 3.05) is 33.9 Å². The average molecular weight is 425 g/mol. The quantitative estimate of drug-likeness (QED) is 0.291. The number of halogens is 2.